The average molecular weight is 448 g/mol. The third kappa shape index (κ3) is 4.58. The van der Waals surface area contributed by atoms with Crippen LogP contribution in [0.25, 0.3) is 11.3 Å². The van der Waals surface area contributed by atoms with Gasteiger partial charge >= 0.3 is 5.97 Å². The Labute approximate surface area is 191 Å². The summed E-state index contributed by atoms with van der Waals surface area (Å²) in [6, 6.07) is 13.8. The van der Waals surface area contributed by atoms with E-state index in [-0.39, 0.29) is 11.7 Å². The van der Waals surface area contributed by atoms with Crippen LogP contribution in [0.4, 0.5) is 5.82 Å². The maximum absolute atomic E-state index is 11.6. The van der Waals surface area contributed by atoms with Gasteiger partial charge in [-0.2, -0.15) is 0 Å². The normalized spacial score (nSPS) is 15.1. The van der Waals surface area contributed by atoms with Crippen LogP contribution in [0.3, 0.4) is 0 Å². The number of carbonyl (C=O) groups is 1. The predicted molar refractivity (Wildman–Crippen MR) is 126 cm³/mol. The predicted octanol–water partition coefficient (Wildman–Crippen LogP) is 5.08. The zero-order valence-corrected chi connectivity index (χ0v) is 18.5. The highest BCUT2D eigenvalue weighted by Crippen LogP contribution is 2.33. The van der Waals surface area contributed by atoms with E-state index in [4.69, 9.17) is 4.74 Å². The fraction of sp³-hybridized carbons (Fsp3) is 0.320. The van der Waals surface area contributed by atoms with Gasteiger partial charge in [0, 0.05) is 28.8 Å². The largest absolute Gasteiger partial charge is 0.490 e. The van der Waals surface area contributed by atoms with Crippen molar-refractivity contribution in [1.82, 2.24) is 9.97 Å². The first-order chi connectivity index (χ1) is 15.7. The molecule has 0 spiro atoms. The van der Waals surface area contributed by atoms with Gasteiger partial charge in [-0.3, -0.25) is 0 Å². The van der Waals surface area contributed by atoms with E-state index in [0.29, 0.717) is 5.75 Å². The highest BCUT2D eigenvalue weighted by atomic mass is 32.2. The van der Waals surface area contributed by atoms with Crippen molar-refractivity contribution in [3.63, 3.8) is 0 Å². The molecule has 0 atom stereocenters. The number of nitrogens with one attached hydrogen (secondary N) is 1. The van der Waals surface area contributed by atoms with E-state index < -0.39 is 5.97 Å². The lowest BCUT2D eigenvalue weighted by Crippen LogP contribution is -2.25. The maximum Gasteiger partial charge on any atom is 0.339 e. The van der Waals surface area contributed by atoms with Crippen LogP contribution in [-0.2, 0) is 12.8 Å². The van der Waals surface area contributed by atoms with Crippen LogP contribution >= 0.6 is 11.8 Å². The van der Waals surface area contributed by atoms with Gasteiger partial charge in [0.2, 0.25) is 0 Å². The summed E-state index contributed by atoms with van der Waals surface area (Å²) in [7, 11) is 0. The van der Waals surface area contributed by atoms with E-state index in [2.05, 4.69) is 33.5 Å². The topological polar surface area (TPSA) is 84.3 Å². The molecule has 0 radical (unpaired) electrons. The fourth-order valence-electron chi connectivity index (χ4n) is 3.97. The average Bonchev–Trinajstić information content (AvgIpc) is 3.24. The van der Waals surface area contributed by atoms with Crippen molar-refractivity contribution in [2.75, 3.05) is 17.6 Å². The summed E-state index contributed by atoms with van der Waals surface area (Å²) in [6.07, 6.45) is 6.76. The Hall–Kier alpha value is -3.06. The van der Waals surface area contributed by atoms with Gasteiger partial charge in [0.15, 0.2) is 0 Å². The summed E-state index contributed by atoms with van der Waals surface area (Å²) in [5.41, 5.74) is 4.51. The van der Waals surface area contributed by atoms with E-state index >= 15 is 0 Å². The molecule has 1 aliphatic heterocycles. The van der Waals surface area contributed by atoms with Crippen LogP contribution in [0.1, 0.15) is 40.7 Å². The van der Waals surface area contributed by atoms with E-state index in [9.17, 15) is 9.90 Å². The van der Waals surface area contributed by atoms with Gasteiger partial charge in [-0.15, -0.1) is 11.8 Å². The first-order valence-electron chi connectivity index (χ1n) is 11.0. The number of aromatic carboxylic acids is 1. The number of hydrogen-bond acceptors (Lipinski definition) is 6. The molecule has 2 N–H and O–H groups in total. The number of aromatic nitrogens is 2. The lowest BCUT2D eigenvalue weighted by Gasteiger charge is -2.27. The SMILES string of the molecule is O=C(O)c1ccc(-c2cc(NCCc3ccc4c(c3)CCS4)ncn2)cc1OC1CCC1. The molecule has 0 unspecified atom stereocenters. The Morgan fingerprint density at radius 1 is 1.16 bits per heavy atom. The smallest absolute Gasteiger partial charge is 0.339 e. The zero-order chi connectivity index (χ0) is 21.9. The first kappa shape index (κ1) is 20.8. The minimum absolute atomic E-state index is 0.101. The second-order valence-corrected chi connectivity index (χ2v) is 9.33. The molecule has 1 aliphatic carbocycles. The molecule has 3 aromatic rings. The van der Waals surface area contributed by atoms with Gasteiger partial charge in [-0.25, -0.2) is 14.8 Å². The molecule has 0 saturated heterocycles. The van der Waals surface area contributed by atoms with Crippen LogP contribution < -0.4 is 10.1 Å². The van der Waals surface area contributed by atoms with Gasteiger partial charge in [0.25, 0.3) is 0 Å². The zero-order valence-electron chi connectivity index (χ0n) is 17.7. The molecular formula is C25H25N3O3S. The summed E-state index contributed by atoms with van der Waals surface area (Å²) in [5.74, 6) is 1.35. The molecule has 164 valence electrons. The maximum atomic E-state index is 11.6. The number of carboxylic acids is 1. The Morgan fingerprint density at radius 2 is 2.06 bits per heavy atom. The Balaban J connectivity index is 1.28. The fourth-order valence-corrected chi connectivity index (χ4v) is 5.02. The lowest BCUT2D eigenvalue weighted by molar-refractivity contribution is 0.0680. The molecule has 6 nitrogen and oxygen atoms in total. The summed E-state index contributed by atoms with van der Waals surface area (Å²) in [5, 5.41) is 12.9. The lowest BCUT2D eigenvalue weighted by atomic mass is 9.96. The molecule has 2 aromatic carbocycles. The van der Waals surface area contributed by atoms with Crippen molar-refractivity contribution in [2.24, 2.45) is 0 Å². The van der Waals surface area contributed by atoms with Crippen molar-refractivity contribution in [2.45, 2.75) is 43.1 Å². The number of aryl methyl sites for hydroxylation is 1. The molecule has 0 amide bonds. The molecule has 5 rings (SSSR count). The molecule has 1 fully saturated rings. The number of rotatable bonds is 8. The third-order valence-electron chi connectivity index (χ3n) is 5.99. The van der Waals surface area contributed by atoms with Crippen molar-refractivity contribution in [3.8, 4) is 17.0 Å². The molecule has 2 aliphatic rings. The highest BCUT2D eigenvalue weighted by Gasteiger charge is 2.22. The van der Waals surface area contributed by atoms with Crippen LogP contribution in [0, 0.1) is 0 Å². The number of carboxylic acid groups (broad SMARTS) is 1. The van der Waals surface area contributed by atoms with Crippen molar-refractivity contribution in [1.29, 1.82) is 0 Å². The Bertz CT molecular complexity index is 1150. The molecule has 2 heterocycles. The number of hydrogen-bond donors (Lipinski definition) is 2. The van der Waals surface area contributed by atoms with Gasteiger partial charge in [-0.05, 0) is 61.4 Å². The molecule has 32 heavy (non-hydrogen) atoms. The van der Waals surface area contributed by atoms with Crippen LogP contribution in [-0.4, -0.2) is 39.4 Å². The monoisotopic (exact) mass is 447 g/mol. The summed E-state index contributed by atoms with van der Waals surface area (Å²) >= 11 is 1.93. The minimum Gasteiger partial charge on any atom is -0.490 e. The van der Waals surface area contributed by atoms with Gasteiger partial charge < -0.3 is 15.2 Å². The number of fused-ring (bicyclic) bond motifs is 1. The standard InChI is InChI=1S/C25H25N3O3S/c29-25(30)20-6-5-17(13-22(20)31-19-2-1-3-19)21-14-24(28-15-27-21)26-10-8-16-4-7-23-18(12-16)9-11-32-23/h4-7,12-15,19H,1-3,8-11H2,(H,29,30)(H,26,27,28). The highest BCUT2D eigenvalue weighted by molar-refractivity contribution is 7.99. The van der Waals surface area contributed by atoms with Gasteiger partial charge in [0.05, 0.1) is 11.8 Å². The van der Waals surface area contributed by atoms with Gasteiger partial charge in [-0.1, -0.05) is 18.2 Å². The molecule has 1 saturated carbocycles. The van der Waals surface area contributed by atoms with E-state index in [1.807, 2.05) is 17.8 Å². The van der Waals surface area contributed by atoms with Crippen LogP contribution in [0.5, 0.6) is 5.75 Å². The Kier molecular flexibility index (Phi) is 5.99. The number of nitrogens with zero attached hydrogens (tertiary/aromatic N) is 2. The molecule has 0 bridgehead atoms. The summed E-state index contributed by atoms with van der Waals surface area (Å²) < 4.78 is 5.94. The van der Waals surface area contributed by atoms with Gasteiger partial charge in [0.1, 0.15) is 23.5 Å². The first-order valence-corrected chi connectivity index (χ1v) is 12.0. The van der Waals surface area contributed by atoms with Crippen molar-refractivity contribution in [3.05, 3.63) is 65.5 Å². The van der Waals surface area contributed by atoms with Crippen LogP contribution in [0.15, 0.2) is 53.7 Å². The minimum atomic E-state index is -0.985. The third-order valence-corrected chi connectivity index (χ3v) is 7.11. The quantitative estimate of drug-likeness (QED) is 0.498. The van der Waals surface area contributed by atoms with Crippen molar-refractivity contribution < 1.29 is 14.6 Å². The second-order valence-electron chi connectivity index (χ2n) is 8.19. The van der Waals surface area contributed by atoms with E-state index in [1.54, 1.807) is 18.2 Å². The Morgan fingerprint density at radius 3 is 2.88 bits per heavy atom. The molecule has 1 aromatic heterocycles. The number of benzene rings is 2. The second kappa shape index (κ2) is 9.20. The molecule has 7 heteroatoms. The number of ether oxygens (including phenoxy) is 1. The van der Waals surface area contributed by atoms with Crippen LogP contribution in [0.2, 0.25) is 0 Å². The number of thioether (sulfide) groups is 1. The number of anilines is 1. The molecular weight excluding hydrogens is 422 g/mol. The van der Waals surface area contributed by atoms with E-state index in [1.165, 1.54) is 28.1 Å². The summed E-state index contributed by atoms with van der Waals surface area (Å²) in [4.78, 5) is 21.7. The summed E-state index contributed by atoms with van der Waals surface area (Å²) in [6.45, 7) is 0.774. The van der Waals surface area contributed by atoms with Crippen molar-refractivity contribution >= 4 is 23.5 Å². The van der Waals surface area contributed by atoms with E-state index in [0.717, 1.165) is 55.7 Å².